The highest BCUT2D eigenvalue weighted by atomic mass is 19.1. The van der Waals surface area contributed by atoms with Gasteiger partial charge in [0.15, 0.2) is 0 Å². The van der Waals surface area contributed by atoms with E-state index in [1.54, 1.807) is 6.07 Å². The highest BCUT2D eigenvalue weighted by Gasteiger charge is 1.94. The number of aromatic nitrogens is 1. The van der Waals surface area contributed by atoms with Crippen LogP contribution in [-0.4, -0.2) is 23.2 Å². The molecule has 0 saturated carbocycles. The number of rotatable bonds is 7. The largest absolute Gasteiger partial charge is 0.396 e. The fraction of sp³-hybridized carbons (Fsp3) is 0.545. The second-order valence-electron chi connectivity index (χ2n) is 3.43. The third kappa shape index (κ3) is 5.32. The van der Waals surface area contributed by atoms with E-state index in [1.807, 2.05) is 0 Å². The summed E-state index contributed by atoms with van der Waals surface area (Å²) in [6.45, 7) is 1.10. The molecule has 0 atom stereocenters. The van der Waals surface area contributed by atoms with Gasteiger partial charge in [-0.3, -0.25) is 0 Å². The van der Waals surface area contributed by atoms with Crippen LogP contribution in [0.2, 0.25) is 0 Å². The van der Waals surface area contributed by atoms with Crippen molar-refractivity contribution in [1.82, 2.24) is 4.98 Å². The molecule has 0 radical (unpaired) electrons. The Kier molecular flexibility index (Phi) is 5.70. The standard InChI is InChI=1S/C11H17FN2O/c12-11-9-10(5-7-14-11)13-6-3-1-2-4-8-15/h5,7,9,15H,1-4,6,8H2,(H,13,14). The smallest absolute Gasteiger partial charge is 0.214 e. The van der Waals surface area contributed by atoms with Gasteiger partial charge in [0.25, 0.3) is 0 Å². The lowest BCUT2D eigenvalue weighted by atomic mass is 10.2. The number of nitrogens with one attached hydrogen (secondary N) is 1. The fourth-order valence-corrected chi connectivity index (χ4v) is 1.34. The van der Waals surface area contributed by atoms with Gasteiger partial charge in [-0.2, -0.15) is 4.39 Å². The van der Waals surface area contributed by atoms with Crippen molar-refractivity contribution < 1.29 is 9.50 Å². The quantitative estimate of drug-likeness (QED) is 0.538. The van der Waals surface area contributed by atoms with Crippen LogP contribution in [0, 0.1) is 5.95 Å². The summed E-state index contributed by atoms with van der Waals surface area (Å²) < 4.78 is 12.7. The van der Waals surface area contributed by atoms with E-state index in [4.69, 9.17) is 5.11 Å². The average Bonchev–Trinajstić information content (AvgIpc) is 2.23. The monoisotopic (exact) mass is 212 g/mol. The Morgan fingerprint density at radius 3 is 2.80 bits per heavy atom. The second kappa shape index (κ2) is 7.17. The Balaban J connectivity index is 2.10. The first-order chi connectivity index (χ1) is 7.33. The van der Waals surface area contributed by atoms with Gasteiger partial charge >= 0.3 is 0 Å². The summed E-state index contributed by atoms with van der Waals surface area (Å²) in [7, 11) is 0. The summed E-state index contributed by atoms with van der Waals surface area (Å²) in [5.41, 5.74) is 0.768. The van der Waals surface area contributed by atoms with E-state index >= 15 is 0 Å². The van der Waals surface area contributed by atoms with Crippen molar-refractivity contribution in [3.8, 4) is 0 Å². The number of anilines is 1. The van der Waals surface area contributed by atoms with Crippen molar-refractivity contribution in [1.29, 1.82) is 0 Å². The van der Waals surface area contributed by atoms with Crippen LogP contribution in [0.3, 0.4) is 0 Å². The van der Waals surface area contributed by atoms with Crippen molar-refractivity contribution >= 4 is 5.69 Å². The van der Waals surface area contributed by atoms with Crippen LogP contribution >= 0.6 is 0 Å². The molecule has 0 saturated heterocycles. The van der Waals surface area contributed by atoms with Gasteiger partial charge in [0.05, 0.1) is 0 Å². The molecule has 1 heterocycles. The molecule has 0 aliphatic heterocycles. The van der Waals surface area contributed by atoms with Crippen molar-refractivity contribution in [3.05, 3.63) is 24.3 Å². The molecule has 1 aromatic rings. The molecule has 84 valence electrons. The summed E-state index contributed by atoms with van der Waals surface area (Å²) >= 11 is 0. The lowest BCUT2D eigenvalue weighted by molar-refractivity contribution is 0.283. The predicted octanol–water partition coefficient (Wildman–Crippen LogP) is 2.19. The molecule has 2 N–H and O–H groups in total. The summed E-state index contributed by atoms with van der Waals surface area (Å²) in [4.78, 5) is 3.47. The van der Waals surface area contributed by atoms with E-state index in [0.717, 1.165) is 37.9 Å². The van der Waals surface area contributed by atoms with Crippen molar-refractivity contribution in [3.63, 3.8) is 0 Å². The lowest BCUT2D eigenvalue weighted by Gasteiger charge is -2.05. The number of pyridine rings is 1. The Morgan fingerprint density at radius 2 is 2.07 bits per heavy atom. The normalized spacial score (nSPS) is 10.3. The molecule has 1 aromatic heterocycles. The molecule has 4 heteroatoms. The minimum Gasteiger partial charge on any atom is -0.396 e. The molecule has 0 spiro atoms. The van der Waals surface area contributed by atoms with Gasteiger partial charge in [-0.1, -0.05) is 12.8 Å². The second-order valence-corrected chi connectivity index (χ2v) is 3.43. The molecule has 0 unspecified atom stereocenters. The highest BCUT2D eigenvalue weighted by molar-refractivity contribution is 5.40. The minimum absolute atomic E-state index is 0.267. The molecule has 0 amide bonds. The molecule has 0 bridgehead atoms. The number of nitrogens with zero attached hydrogens (tertiary/aromatic N) is 1. The maximum Gasteiger partial charge on any atom is 0.214 e. The van der Waals surface area contributed by atoms with E-state index in [2.05, 4.69) is 10.3 Å². The fourth-order valence-electron chi connectivity index (χ4n) is 1.34. The number of halogens is 1. The Labute approximate surface area is 89.4 Å². The molecular weight excluding hydrogens is 195 g/mol. The zero-order valence-corrected chi connectivity index (χ0v) is 8.75. The van der Waals surface area contributed by atoms with Crippen LogP contribution in [0.4, 0.5) is 10.1 Å². The zero-order chi connectivity index (χ0) is 10.9. The summed E-state index contributed by atoms with van der Waals surface area (Å²) in [6.07, 6.45) is 5.47. The van der Waals surface area contributed by atoms with Crippen molar-refractivity contribution in [2.24, 2.45) is 0 Å². The lowest BCUT2D eigenvalue weighted by Crippen LogP contribution is -2.02. The minimum atomic E-state index is -0.458. The highest BCUT2D eigenvalue weighted by Crippen LogP contribution is 2.07. The summed E-state index contributed by atoms with van der Waals surface area (Å²) in [5.74, 6) is -0.458. The van der Waals surface area contributed by atoms with Gasteiger partial charge in [-0.05, 0) is 18.9 Å². The molecule has 15 heavy (non-hydrogen) atoms. The molecule has 0 aliphatic carbocycles. The van der Waals surface area contributed by atoms with Crippen LogP contribution in [0.15, 0.2) is 18.3 Å². The molecule has 0 fully saturated rings. The zero-order valence-electron chi connectivity index (χ0n) is 8.75. The first kappa shape index (κ1) is 11.9. The van der Waals surface area contributed by atoms with Crippen LogP contribution in [-0.2, 0) is 0 Å². The maximum atomic E-state index is 12.7. The van der Waals surface area contributed by atoms with Crippen LogP contribution in [0.5, 0.6) is 0 Å². The van der Waals surface area contributed by atoms with Gasteiger partial charge in [-0.25, -0.2) is 4.98 Å². The molecule has 3 nitrogen and oxygen atoms in total. The average molecular weight is 212 g/mol. The van der Waals surface area contributed by atoms with Gasteiger partial charge in [0.1, 0.15) is 0 Å². The van der Waals surface area contributed by atoms with Gasteiger partial charge in [0.2, 0.25) is 5.95 Å². The van der Waals surface area contributed by atoms with Crippen molar-refractivity contribution in [2.75, 3.05) is 18.5 Å². The predicted molar refractivity (Wildman–Crippen MR) is 58.2 cm³/mol. The van der Waals surface area contributed by atoms with Crippen molar-refractivity contribution in [2.45, 2.75) is 25.7 Å². The van der Waals surface area contributed by atoms with E-state index in [-0.39, 0.29) is 6.61 Å². The maximum absolute atomic E-state index is 12.7. The number of unbranched alkanes of at least 4 members (excludes halogenated alkanes) is 3. The number of aliphatic hydroxyl groups excluding tert-OH is 1. The van der Waals surface area contributed by atoms with E-state index in [9.17, 15) is 4.39 Å². The summed E-state index contributed by atoms with van der Waals surface area (Å²) in [6, 6.07) is 3.13. The topological polar surface area (TPSA) is 45.1 Å². The van der Waals surface area contributed by atoms with E-state index < -0.39 is 5.95 Å². The van der Waals surface area contributed by atoms with Crippen LogP contribution < -0.4 is 5.32 Å². The van der Waals surface area contributed by atoms with Crippen LogP contribution in [0.25, 0.3) is 0 Å². The number of hydrogen-bond donors (Lipinski definition) is 2. The molecule has 1 rings (SSSR count). The Bertz CT molecular complexity index is 281. The first-order valence-corrected chi connectivity index (χ1v) is 5.29. The SMILES string of the molecule is OCCCCCCNc1ccnc(F)c1. The van der Waals surface area contributed by atoms with Gasteiger partial charge < -0.3 is 10.4 Å². The first-order valence-electron chi connectivity index (χ1n) is 5.29. The van der Waals surface area contributed by atoms with Gasteiger partial charge in [0, 0.05) is 31.1 Å². The number of hydrogen-bond acceptors (Lipinski definition) is 3. The van der Waals surface area contributed by atoms with E-state index in [1.165, 1.54) is 12.3 Å². The summed E-state index contributed by atoms with van der Waals surface area (Å²) in [5, 5.41) is 11.7. The third-order valence-electron chi connectivity index (χ3n) is 2.14. The van der Waals surface area contributed by atoms with Crippen LogP contribution in [0.1, 0.15) is 25.7 Å². The Hall–Kier alpha value is -1.16. The molecule has 0 aromatic carbocycles. The third-order valence-corrected chi connectivity index (χ3v) is 2.14. The Morgan fingerprint density at radius 1 is 1.27 bits per heavy atom. The molecular formula is C11H17FN2O. The molecule has 0 aliphatic rings. The van der Waals surface area contributed by atoms with E-state index in [0.29, 0.717) is 0 Å². The van der Waals surface area contributed by atoms with Gasteiger partial charge in [-0.15, -0.1) is 0 Å². The number of aliphatic hydroxyl groups is 1.